The third-order valence-electron chi connectivity index (χ3n) is 2.94. The van der Waals surface area contributed by atoms with Crippen LogP contribution < -0.4 is 5.32 Å². The molecule has 2 bridgehead atoms. The number of carboxylic acids is 2. The number of fused-ring (bicyclic) bond motifs is 2. The first-order valence-corrected chi connectivity index (χ1v) is 4.84. The summed E-state index contributed by atoms with van der Waals surface area (Å²) >= 11 is 0. The molecule has 2 rings (SSSR count). The fraction of sp³-hybridized carbons (Fsp3) is 0.778. The minimum atomic E-state index is -1.82. The maximum absolute atomic E-state index is 9.10. The van der Waals surface area contributed by atoms with E-state index in [1.807, 2.05) is 0 Å². The first kappa shape index (κ1) is 11.9. The van der Waals surface area contributed by atoms with Crippen LogP contribution in [0.15, 0.2) is 0 Å². The Labute approximate surface area is 86.9 Å². The number of hydrogen-bond acceptors (Lipinski definition) is 4. The molecule has 6 heteroatoms. The molecule has 0 aromatic rings. The summed E-state index contributed by atoms with van der Waals surface area (Å²) in [4.78, 5) is 18.2. The third kappa shape index (κ3) is 2.90. The standard InChI is InChI=1S/C7H13NO.C2H2O4/c9-5-7-3-1-6(8-7)2-4-7;3-1(4)2(5)6/h6,8-9H,1-5H2;(H,3,4)(H,5,6). The van der Waals surface area contributed by atoms with Crippen molar-refractivity contribution in [1.82, 2.24) is 5.32 Å². The van der Waals surface area contributed by atoms with E-state index in [-0.39, 0.29) is 5.54 Å². The predicted molar refractivity (Wildman–Crippen MR) is 50.5 cm³/mol. The summed E-state index contributed by atoms with van der Waals surface area (Å²) in [5, 5.41) is 27.2. The SMILES string of the molecule is O=C(O)C(=O)O.OCC12CCC(CC1)N2. The van der Waals surface area contributed by atoms with E-state index in [0.29, 0.717) is 6.61 Å². The minimum absolute atomic E-state index is 0.157. The molecule has 0 saturated carbocycles. The fourth-order valence-corrected chi connectivity index (χ4v) is 2.10. The van der Waals surface area contributed by atoms with Gasteiger partial charge in [0.05, 0.1) is 6.61 Å². The van der Waals surface area contributed by atoms with Crippen molar-refractivity contribution in [3.8, 4) is 0 Å². The van der Waals surface area contributed by atoms with Gasteiger partial charge in [-0.05, 0) is 25.7 Å². The summed E-state index contributed by atoms with van der Waals surface area (Å²) in [5.41, 5.74) is 0.157. The Balaban J connectivity index is 0.000000167. The van der Waals surface area contributed by atoms with Crippen molar-refractivity contribution in [3.05, 3.63) is 0 Å². The number of carbonyl (C=O) groups is 2. The van der Waals surface area contributed by atoms with Crippen LogP contribution in [0.4, 0.5) is 0 Å². The molecular weight excluding hydrogens is 202 g/mol. The van der Waals surface area contributed by atoms with Gasteiger partial charge in [-0.3, -0.25) is 0 Å². The average Bonchev–Trinajstić information content (AvgIpc) is 2.79. The summed E-state index contributed by atoms with van der Waals surface area (Å²) in [6.07, 6.45) is 4.93. The molecule has 0 amide bonds. The highest BCUT2D eigenvalue weighted by Crippen LogP contribution is 2.36. The molecule has 0 unspecified atom stereocenters. The lowest BCUT2D eigenvalue weighted by molar-refractivity contribution is -0.159. The maximum atomic E-state index is 9.10. The van der Waals surface area contributed by atoms with Crippen molar-refractivity contribution in [2.24, 2.45) is 0 Å². The van der Waals surface area contributed by atoms with Gasteiger partial charge in [-0.15, -0.1) is 0 Å². The Bertz CT molecular complexity index is 245. The number of rotatable bonds is 1. The van der Waals surface area contributed by atoms with Crippen LogP contribution in [0.2, 0.25) is 0 Å². The number of aliphatic hydroxyl groups is 1. The van der Waals surface area contributed by atoms with Crippen molar-refractivity contribution in [2.45, 2.75) is 37.3 Å². The van der Waals surface area contributed by atoms with Crippen LogP contribution in [0.3, 0.4) is 0 Å². The Morgan fingerprint density at radius 1 is 1.20 bits per heavy atom. The summed E-state index contributed by atoms with van der Waals surface area (Å²) in [7, 11) is 0. The monoisotopic (exact) mass is 217 g/mol. The lowest BCUT2D eigenvalue weighted by atomic mass is 9.89. The zero-order valence-electron chi connectivity index (χ0n) is 8.27. The van der Waals surface area contributed by atoms with E-state index in [4.69, 9.17) is 24.9 Å². The van der Waals surface area contributed by atoms with E-state index in [1.54, 1.807) is 0 Å². The van der Waals surface area contributed by atoms with Gasteiger partial charge in [-0.1, -0.05) is 0 Å². The molecule has 0 aromatic heterocycles. The highest BCUT2D eigenvalue weighted by atomic mass is 16.4. The summed E-state index contributed by atoms with van der Waals surface area (Å²) in [6.45, 7) is 0.337. The second kappa shape index (κ2) is 4.59. The molecule has 0 aromatic carbocycles. The Morgan fingerprint density at radius 2 is 1.67 bits per heavy atom. The van der Waals surface area contributed by atoms with Gasteiger partial charge in [0.1, 0.15) is 0 Å². The van der Waals surface area contributed by atoms with Gasteiger partial charge in [0, 0.05) is 11.6 Å². The molecule has 2 aliphatic heterocycles. The molecule has 0 spiro atoms. The Morgan fingerprint density at radius 3 is 1.80 bits per heavy atom. The van der Waals surface area contributed by atoms with Gasteiger partial charge in [0.25, 0.3) is 0 Å². The number of aliphatic carboxylic acids is 2. The molecule has 0 radical (unpaired) electrons. The smallest absolute Gasteiger partial charge is 0.414 e. The highest BCUT2D eigenvalue weighted by molar-refractivity contribution is 6.27. The van der Waals surface area contributed by atoms with E-state index in [1.165, 1.54) is 25.7 Å². The Hall–Kier alpha value is -1.14. The second-order valence-electron chi connectivity index (χ2n) is 3.97. The number of aliphatic hydroxyl groups excluding tert-OH is 1. The third-order valence-corrected chi connectivity index (χ3v) is 2.94. The zero-order valence-corrected chi connectivity index (χ0v) is 8.27. The van der Waals surface area contributed by atoms with Gasteiger partial charge < -0.3 is 20.6 Å². The molecule has 0 aliphatic carbocycles. The van der Waals surface area contributed by atoms with Gasteiger partial charge in [-0.2, -0.15) is 0 Å². The van der Waals surface area contributed by atoms with E-state index in [2.05, 4.69) is 5.32 Å². The molecule has 2 fully saturated rings. The normalized spacial score (nSPS) is 31.9. The Kier molecular flexibility index (Phi) is 3.65. The summed E-state index contributed by atoms with van der Waals surface area (Å²) < 4.78 is 0. The van der Waals surface area contributed by atoms with Gasteiger partial charge in [-0.25, -0.2) is 9.59 Å². The summed E-state index contributed by atoms with van der Waals surface area (Å²) in [5.74, 6) is -3.65. The van der Waals surface area contributed by atoms with Crippen LogP contribution in [0.1, 0.15) is 25.7 Å². The van der Waals surface area contributed by atoms with Gasteiger partial charge >= 0.3 is 11.9 Å². The molecule has 2 saturated heterocycles. The summed E-state index contributed by atoms with van der Waals surface area (Å²) in [6, 6.07) is 0.733. The molecule has 2 heterocycles. The topological polar surface area (TPSA) is 107 Å². The van der Waals surface area contributed by atoms with Crippen molar-refractivity contribution >= 4 is 11.9 Å². The molecule has 6 nitrogen and oxygen atoms in total. The number of hydrogen-bond donors (Lipinski definition) is 4. The lowest BCUT2D eigenvalue weighted by Crippen LogP contribution is -2.39. The van der Waals surface area contributed by atoms with Gasteiger partial charge in [0.15, 0.2) is 0 Å². The van der Waals surface area contributed by atoms with Crippen LogP contribution >= 0.6 is 0 Å². The lowest BCUT2D eigenvalue weighted by Gasteiger charge is -2.22. The molecule has 86 valence electrons. The molecule has 4 N–H and O–H groups in total. The first-order chi connectivity index (χ1) is 6.99. The molecule has 2 aliphatic rings. The fourth-order valence-electron chi connectivity index (χ4n) is 2.10. The predicted octanol–water partition coefficient (Wildman–Crippen LogP) is -0.581. The van der Waals surface area contributed by atoms with Crippen molar-refractivity contribution in [1.29, 1.82) is 0 Å². The largest absolute Gasteiger partial charge is 0.473 e. The molecular formula is C9H15NO5. The number of nitrogens with one attached hydrogen (secondary N) is 1. The van der Waals surface area contributed by atoms with Crippen LogP contribution in [0.25, 0.3) is 0 Å². The average molecular weight is 217 g/mol. The van der Waals surface area contributed by atoms with Crippen LogP contribution in [0.5, 0.6) is 0 Å². The van der Waals surface area contributed by atoms with Crippen molar-refractivity contribution in [3.63, 3.8) is 0 Å². The van der Waals surface area contributed by atoms with Crippen LogP contribution in [-0.2, 0) is 9.59 Å². The first-order valence-electron chi connectivity index (χ1n) is 4.84. The van der Waals surface area contributed by atoms with Crippen LogP contribution in [0, 0.1) is 0 Å². The zero-order chi connectivity index (χ0) is 11.5. The van der Waals surface area contributed by atoms with E-state index < -0.39 is 11.9 Å². The van der Waals surface area contributed by atoms with Gasteiger partial charge in [0.2, 0.25) is 0 Å². The van der Waals surface area contributed by atoms with E-state index in [0.717, 1.165) is 6.04 Å². The van der Waals surface area contributed by atoms with E-state index in [9.17, 15) is 0 Å². The van der Waals surface area contributed by atoms with Crippen LogP contribution in [-0.4, -0.2) is 45.4 Å². The second-order valence-corrected chi connectivity index (χ2v) is 3.97. The molecule has 15 heavy (non-hydrogen) atoms. The number of carboxylic acid groups (broad SMARTS) is 2. The molecule has 0 atom stereocenters. The van der Waals surface area contributed by atoms with E-state index >= 15 is 0 Å². The maximum Gasteiger partial charge on any atom is 0.414 e. The minimum Gasteiger partial charge on any atom is -0.473 e. The highest BCUT2D eigenvalue weighted by Gasteiger charge is 2.43. The van der Waals surface area contributed by atoms with Crippen molar-refractivity contribution < 1.29 is 24.9 Å². The quantitative estimate of drug-likeness (QED) is 0.438. The van der Waals surface area contributed by atoms with Crippen molar-refractivity contribution in [2.75, 3.05) is 6.61 Å².